The average Bonchev–Trinajstić information content (AvgIpc) is 3.54. The molecule has 1 aliphatic heterocycles. The van der Waals surface area contributed by atoms with Gasteiger partial charge in [-0.25, -0.2) is 13.4 Å². The number of carbonyl (C=O) groups is 1. The zero-order valence-electron chi connectivity index (χ0n) is 22.1. The van der Waals surface area contributed by atoms with Crippen molar-refractivity contribution in [2.75, 3.05) is 36.1 Å². The summed E-state index contributed by atoms with van der Waals surface area (Å²) in [5.74, 6) is -0.00204. The van der Waals surface area contributed by atoms with Crippen molar-refractivity contribution in [2.45, 2.75) is 69.2 Å². The molecule has 2 N–H and O–H groups in total. The predicted molar refractivity (Wildman–Crippen MR) is 149 cm³/mol. The third kappa shape index (κ3) is 5.47. The molecule has 204 valence electrons. The molecule has 2 aliphatic carbocycles. The van der Waals surface area contributed by atoms with Crippen LogP contribution < -0.4 is 10.2 Å². The number of aliphatic hydroxyl groups is 1. The summed E-state index contributed by atoms with van der Waals surface area (Å²) in [4.78, 5) is 21.6. The quantitative estimate of drug-likeness (QED) is 0.532. The van der Waals surface area contributed by atoms with Crippen LogP contribution in [0.25, 0.3) is 10.4 Å². The molecule has 8 nitrogen and oxygen atoms in total. The highest BCUT2D eigenvalue weighted by atomic mass is 32.2. The number of nitriles is 1. The molecule has 1 aromatic heterocycles. The summed E-state index contributed by atoms with van der Waals surface area (Å²) < 4.78 is 23.7. The predicted octanol–water partition coefficient (Wildman–Crippen LogP) is 3.76. The topological polar surface area (TPSA) is 123 Å². The van der Waals surface area contributed by atoms with Gasteiger partial charge in [0.1, 0.15) is 10.5 Å². The number of aromatic nitrogens is 1. The Balaban J connectivity index is 1.47. The van der Waals surface area contributed by atoms with Gasteiger partial charge in [0.25, 0.3) is 0 Å². The first-order chi connectivity index (χ1) is 18.1. The monoisotopic (exact) mass is 556 g/mol. The Morgan fingerprint density at radius 2 is 1.87 bits per heavy atom. The number of carbonyl (C=O) groups excluding carboxylic acids is 1. The third-order valence-corrected chi connectivity index (χ3v) is 11.3. The molecule has 2 heterocycles. The van der Waals surface area contributed by atoms with Crippen molar-refractivity contribution < 1.29 is 18.3 Å². The number of aliphatic hydroxyl groups excluding tert-OH is 1. The number of benzene rings is 1. The molecule has 2 aromatic rings. The third-order valence-electron chi connectivity index (χ3n) is 8.25. The Labute approximate surface area is 229 Å². The lowest BCUT2D eigenvalue weighted by Gasteiger charge is -2.31. The van der Waals surface area contributed by atoms with E-state index in [9.17, 15) is 23.6 Å². The van der Waals surface area contributed by atoms with E-state index >= 15 is 0 Å². The number of anilines is 1. The zero-order valence-corrected chi connectivity index (χ0v) is 23.7. The van der Waals surface area contributed by atoms with E-state index in [1.54, 1.807) is 11.3 Å². The Bertz CT molecular complexity index is 1330. The molecule has 3 aliphatic rings. The zero-order chi connectivity index (χ0) is 27.1. The molecule has 38 heavy (non-hydrogen) atoms. The number of nitrogens with zero attached hydrogens (tertiary/aromatic N) is 3. The van der Waals surface area contributed by atoms with Gasteiger partial charge in [0.2, 0.25) is 5.91 Å². The second-order valence-electron chi connectivity index (χ2n) is 11.6. The number of rotatable bonds is 7. The lowest BCUT2D eigenvalue weighted by Crippen LogP contribution is -2.42. The van der Waals surface area contributed by atoms with Gasteiger partial charge in [-0.15, -0.1) is 11.3 Å². The first-order valence-electron chi connectivity index (χ1n) is 13.5. The first kappa shape index (κ1) is 27.1. The fraction of sp³-hybridized carbons (Fsp3) is 0.607. The molecule has 3 fully saturated rings. The van der Waals surface area contributed by atoms with Crippen LogP contribution in [-0.4, -0.2) is 61.2 Å². The van der Waals surface area contributed by atoms with Crippen LogP contribution in [0.4, 0.5) is 5.69 Å². The van der Waals surface area contributed by atoms with Crippen molar-refractivity contribution in [3.8, 4) is 16.5 Å². The van der Waals surface area contributed by atoms with Gasteiger partial charge < -0.3 is 15.3 Å². The van der Waals surface area contributed by atoms with Gasteiger partial charge in [0.15, 0.2) is 9.84 Å². The van der Waals surface area contributed by atoms with Gasteiger partial charge in [-0.3, -0.25) is 4.79 Å². The summed E-state index contributed by atoms with van der Waals surface area (Å²) in [5.41, 5.74) is 1.70. The van der Waals surface area contributed by atoms with Crippen molar-refractivity contribution in [1.29, 1.82) is 5.26 Å². The number of hydrogen-bond donors (Lipinski definition) is 2. The first-order valence-corrected chi connectivity index (χ1v) is 16.1. The van der Waals surface area contributed by atoms with Gasteiger partial charge in [0.05, 0.1) is 34.8 Å². The highest BCUT2D eigenvalue weighted by Gasteiger charge is 2.47. The molecule has 10 heteroatoms. The van der Waals surface area contributed by atoms with Gasteiger partial charge in [-0.05, 0) is 43.4 Å². The molecule has 2 unspecified atom stereocenters. The minimum Gasteiger partial charge on any atom is -0.395 e. The Morgan fingerprint density at radius 1 is 1.21 bits per heavy atom. The minimum atomic E-state index is -2.95. The molecule has 2 atom stereocenters. The van der Waals surface area contributed by atoms with Crippen LogP contribution in [0.15, 0.2) is 24.3 Å². The van der Waals surface area contributed by atoms with Crippen LogP contribution in [0.2, 0.25) is 0 Å². The summed E-state index contributed by atoms with van der Waals surface area (Å²) in [5, 5.41) is 23.5. The standard InChI is InChI=1S/C28H36N4O4S2/c1-27(2,18-33)26-30-23(21-5-3-4-6-22(21)25(34)31-28(17-29)11-12-28)24(37-26)19-7-9-20(10-8-19)32-13-15-38(35,36)16-14-32/h7-10,21-22,33H,3-6,11-16,18H2,1-2H3,(H,31,34). The van der Waals surface area contributed by atoms with Crippen LogP contribution in [-0.2, 0) is 20.0 Å². The summed E-state index contributed by atoms with van der Waals surface area (Å²) in [6.45, 7) is 4.90. The highest BCUT2D eigenvalue weighted by Crippen LogP contribution is 2.46. The smallest absolute Gasteiger partial charge is 0.225 e. The molecule has 0 spiro atoms. The molecular formula is C28H36N4O4S2. The Kier molecular flexibility index (Phi) is 7.31. The fourth-order valence-electron chi connectivity index (χ4n) is 5.43. The van der Waals surface area contributed by atoms with E-state index in [4.69, 9.17) is 4.98 Å². The van der Waals surface area contributed by atoms with E-state index in [0.717, 1.165) is 52.5 Å². The number of nitrogens with one attached hydrogen (secondary N) is 1. The second-order valence-corrected chi connectivity index (χ2v) is 14.9. The maximum Gasteiger partial charge on any atom is 0.225 e. The van der Waals surface area contributed by atoms with Gasteiger partial charge in [-0.2, -0.15) is 5.26 Å². The molecule has 1 aromatic carbocycles. The van der Waals surface area contributed by atoms with Gasteiger partial charge in [0, 0.05) is 36.0 Å². The van der Waals surface area contributed by atoms with Crippen molar-refractivity contribution in [3.05, 3.63) is 35.0 Å². The van der Waals surface area contributed by atoms with Crippen molar-refractivity contribution in [2.24, 2.45) is 5.92 Å². The van der Waals surface area contributed by atoms with Crippen molar-refractivity contribution in [3.63, 3.8) is 0 Å². The molecule has 2 saturated carbocycles. The summed E-state index contributed by atoms with van der Waals surface area (Å²) >= 11 is 1.57. The normalized spacial score (nSPS) is 24.4. The van der Waals surface area contributed by atoms with Gasteiger partial charge in [-0.1, -0.05) is 38.8 Å². The second kappa shape index (κ2) is 10.2. The molecule has 0 radical (unpaired) electrons. The summed E-state index contributed by atoms with van der Waals surface area (Å²) in [7, 11) is -2.95. The number of sulfone groups is 1. The number of hydrogen-bond acceptors (Lipinski definition) is 8. The van der Waals surface area contributed by atoms with Gasteiger partial charge >= 0.3 is 0 Å². The highest BCUT2D eigenvalue weighted by molar-refractivity contribution is 7.91. The summed E-state index contributed by atoms with van der Waals surface area (Å²) in [6, 6.07) is 10.4. The summed E-state index contributed by atoms with van der Waals surface area (Å²) in [6.07, 6.45) is 5.03. The average molecular weight is 557 g/mol. The van der Waals surface area contributed by atoms with Crippen LogP contribution in [0.5, 0.6) is 0 Å². The lowest BCUT2D eigenvalue weighted by molar-refractivity contribution is -0.127. The number of amides is 1. The van der Waals surface area contributed by atoms with Crippen LogP contribution in [0, 0.1) is 17.2 Å². The van der Waals surface area contributed by atoms with E-state index in [-0.39, 0.29) is 35.9 Å². The molecule has 1 saturated heterocycles. The largest absolute Gasteiger partial charge is 0.395 e. The maximum atomic E-state index is 13.4. The molecular weight excluding hydrogens is 520 g/mol. The van der Waals surface area contributed by atoms with Crippen molar-refractivity contribution in [1.82, 2.24) is 10.3 Å². The lowest BCUT2D eigenvalue weighted by atomic mass is 9.76. The van der Waals surface area contributed by atoms with E-state index in [1.807, 2.05) is 26.0 Å². The fourth-order valence-corrected chi connectivity index (χ4v) is 7.87. The van der Waals surface area contributed by atoms with Crippen molar-refractivity contribution >= 4 is 32.8 Å². The van der Waals surface area contributed by atoms with E-state index in [1.165, 1.54) is 0 Å². The van der Waals surface area contributed by atoms with Crippen LogP contribution >= 0.6 is 11.3 Å². The molecule has 1 amide bonds. The maximum absolute atomic E-state index is 13.4. The minimum absolute atomic E-state index is 0.0323. The SMILES string of the molecule is CC(C)(CO)c1nc(C2CCCCC2C(=O)NC2(C#N)CC2)c(-c2ccc(N3CCS(=O)(=O)CC3)cc2)s1. The van der Waals surface area contributed by atoms with E-state index in [0.29, 0.717) is 25.9 Å². The van der Waals surface area contributed by atoms with Crippen LogP contribution in [0.3, 0.4) is 0 Å². The van der Waals surface area contributed by atoms with E-state index in [2.05, 4.69) is 28.4 Å². The Hall–Kier alpha value is -2.48. The van der Waals surface area contributed by atoms with Crippen LogP contribution in [0.1, 0.15) is 69.0 Å². The molecule has 0 bridgehead atoms. The molecule has 5 rings (SSSR count). The Morgan fingerprint density at radius 3 is 2.47 bits per heavy atom. The number of thiazole rings is 1. The van der Waals surface area contributed by atoms with E-state index < -0.39 is 20.8 Å².